The molecule has 2 N–H and O–H groups in total. The summed E-state index contributed by atoms with van der Waals surface area (Å²) in [6.07, 6.45) is 1.80. The van der Waals surface area contributed by atoms with Crippen molar-refractivity contribution in [1.29, 1.82) is 0 Å². The highest BCUT2D eigenvalue weighted by Gasteiger charge is 2.19. The predicted molar refractivity (Wildman–Crippen MR) is 65.6 cm³/mol. The lowest BCUT2D eigenvalue weighted by Crippen LogP contribution is -2.30. The summed E-state index contributed by atoms with van der Waals surface area (Å²) in [7, 11) is 2.01. The minimum Gasteiger partial charge on any atom is -0.345 e. The molecule has 0 spiro atoms. The highest BCUT2D eigenvalue weighted by Crippen LogP contribution is 2.25. The number of nitrogens with two attached hydrogens (primary N) is 1. The van der Waals surface area contributed by atoms with Crippen molar-refractivity contribution in [3.8, 4) is 0 Å². The summed E-state index contributed by atoms with van der Waals surface area (Å²) < 4.78 is 3.07. The Kier molecular flexibility index (Phi) is 2.35. The van der Waals surface area contributed by atoms with Crippen molar-refractivity contribution in [2.45, 2.75) is 19.4 Å². The molecule has 0 atom stereocenters. The molecule has 0 radical (unpaired) electrons. The largest absolute Gasteiger partial charge is 0.345 e. The van der Waals surface area contributed by atoms with Crippen LogP contribution in [0.4, 0.5) is 0 Å². The number of halogens is 1. The van der Waals surface area contributed by atoms with E-state index in [1.807, 2.05) is 27.0 Å². The first-order chi connectivity index (χ1) is 6.89. The summed E-state index contributed by atoms with van der Waals surface area (Å²) in [5.74, 6) is 0. The molecular formula is C11H14BrN3. The Bertz CT molecular complexity index is 508. The van der Waals surface area contributed by atoms with E-state index in [1.54, 1.807) is 6.20 Å². The van der Waals surface area contributed by atoms with E-state index < -0.39 is 0 Å². The molecule has 0 aliphatic carbocycles. The molecule has 2 aromatic heterocycles. The molecule has 0 bridgehead atoms. The summed E-state index contributed by atoms with van der Waals surface area (Å²) in [4.78, 5) is 4.35. The number of fused-ring (bicyclic) bond motifs is 1. The molecular weight excluding hydrogens is 254 g/mol. The van der Waals surface area contributed by atoms with Crippen LogP contribution in [0.1, 0.15) is 19.5 Å². The van der Waals surface area contributed by atoms with E-state index in [4.69, 9.17) is 5.73 Å². The molecule has 0 aromatic carbocycles. The zero-order chi connectivity index (χ0) is 11.2. The van der Waals surface area contributed by atoms with Gasteiger partial charge < -0.3 is 10.3 Å². The van der Waals surface area contributed by atoms with Gasteiger partial charge in [0.1, 0.15) is 0 Å². The van der Waals surface area contributed by atoms with Gasteiger partial charge in [-0.1, -0.05) is 0 Å². The third-order valence-corrected chi connectivity index (χ3v) is 2.95. The van der Waals surface area contributed by atoms with Gasteiger partial charge in [0, 0.05) is 23.4 Å². The molecule has 3 nitrogen and oxygen atoms in total. The predicted octanol–water partition coefficient (Wildman–Crippen LogP) is 2.53. The van der Waals surface area contributed by atoms with Crippen LogP contribution in [0.3, 0.4) is 0 Å². The molecule has 0 aliphatic rings. The molecule has 80 valence electrons. The smallest absolute Gasteiger partial charge is 0.0885 e. The van der Waals surface area contributed by atoms with Crippen LogP contribution in [0.25, 0.3) is 11.0 Å². The second kappa shape index (κ2) is 3.32. The monoisotopic (exact) mass is 267 g/mol. The minimum absolute atomic E-state index is 0.345. The molecule has 4 heteroatoms. The van der Waals surface area contributed by atoms with Gasteiger partial charge in [-0.15, -0.1) is 0 Å². The molecule has 0 saturated carbocycles. The van der Waals surface area contributed by atoms with Crippen molar-refractivity contribution in [1.82, 2.24) is 9.55 Å². The van der Waals surface area contributed by atoms with E-state index in [0.717, 1.165) is 21.2 Å². The lowest BCUT2D eigenvalue weighted by atomic mass is 10.0. The molecule has 0 saturated heterocycles. The summed E-state index contributed by atoms with van der Waals surface area (Å²) in [6.45, 7) is 3.99. The van der Waals surface area contributed by atoms with Crippen LogP contribution in [-0.2, 0) is 12.6 Å². The molecule has 0 fully saturated rings. The summed E-state index contributed by atoms with van der Waals surface area (Å²) >= 11 is 3.42. The number of hydrogen-bond acceptors (Lipinski definition) is 2. The Morgan fingerprint density at radius 2 is 2.07 bits per heavy atom. The van der Waals surface area contributed by atoms with Crippen LogP contribution in [0, 0.1) is 0 Å². The van der Waals surface area contributed by atoms with Crippen molar-refractivity contribution < 1.29 is 0 Å². The van der Waals surface area contributed by atoms with Crippen molar-refractivity contribution in [2.75, 3.05) is 0 Å². The lowest BCUT2D eigenvalue weighted by molar-refractivity contribution is 0.516. The van der Waals surface area contributed by atoms with Crippen molar-refractivity contribution >= 4 is 27.0 Å². The molecule has 2 heterocycles. The van der Waals surface area contributed by atoms with Crippen LogP contribution in [0.5, 0.6) is 0 Å². The Morgan fingerprint density at radius 3 is 2.67 bits per heavy atom. The van der Waals surface area contributed by atoms with E-state index in [1.165, 1.54) is 0 Å². The van der Waals surface area contributed by atoms with Crippen LogP contribution >= 0.6 is 15.9 Å². The van der Waals surface area contributed by atoms with Gasteiger partial charge in [0.2, 0.25) is 0 Å². The van der Waals surface area contributed by atoms with E-state index in [2.05, 4.69) is 31.5 Å². The van der Waals surface area contributed by atoms with E-state index in [0.29, 0.717) is 0 Å². The molecule has 2 aromatic rings. The first-order valence-electron chi connectivity index (χ1n) is 4.80. The van der Waals surface area contributed by atoms with Gasteiger partial charge in [0.15, 0.2) is 0 Å². The average Bonchev–Trinajstić information content (AvgIpc) is 2.43. The zero-order valence-electron chi connectivity index (χ0n) is 9.08. The topological polar surface area (TPSA) is 43.8 Å². The zero-order valence-corrected chi connectivity index (χ0v) is 10.7. The fraction of sp³-hybridized carbons (Fsp3) is 0.364. The maximum Gasteiger partial charge on any atom is 0.0885 e. The Labute approximate surface area is 97.4 Å². The molecule has 0 aliphatic heterocycles. The van der Waals surface area contributed by atoms with Crippen LogP contribution in [0.2, 0.25) is 0 Å². The van der Waals surface area contributed by atoms with Gasteiger partial charge in [-0.25, -0.2) is 0 Å². The highest BCUT2D eigenvalue weighted by molar-refractivity contribution is 9.10. The quantitative estimate of drug-likeness (QED) is 0.863. The van der Waals surface area contributed by atoms with E-state index >= 15 is 0 Å². The summed E-state index contributed by atoms with van der Waals surface area (Å²) in [5.41, 5.74) is 8.92. The van der Waals surface area contributed by atoms with Crippen molar-refractivity contribution in [3.05, 3.63) is 28.5 Å². The molecule has 0 unspecified atom stereocenters. The SMILES string of the molecule is Cn1c(C(C)(C)N)cc2ncc(Br)cc21. The van der Waals surface area contributed by atoms with Crippen molar-refractivity contribution in [3.63, 3.8) is 0 Å². The van der Waals surface area contributed by atoms with Gasteiger partial charge >= 0.3 is 0 Å². The standard InChI is InChI=1S/C11H14BrN3/c1-11(2,13)10-5-8-9(15(10)3)4-7(12)6-14-8/h4-6H,13H2,1-3H3. The normalized spacial score (nSPS) is 12.3. The van der Waals surface area contributed by atoms with Gasteiger partial charge in [-0.2, -0.15) is 0 Å². The Hall–Kier alpha value is -0.870. The number of pyridine rings is 1. The third kappa shape index (κ3) is 1.79. The summed E-state index contributed by atoms with van der Waals surface area (Å²) in [5, 5.41) is 0. The Balaban J connectivity index is 2.76. The fourth-order valence-electron chi connectivity index (χ4n) is 1.79. The van der Waals surface area contributed by atoms with Crippen LogP contribution in [-0.4, -0.2) is 9.55 Å². The number of aromatic nitrogens is 2. The highest BCUT2D eigenvalue weighted by atomic mass is 79.9. The lowest BCUT2D eigenvalue weighted by Gasteiger charge is -2.19. The summed E-state index contributed by atoms with van der Waals surface area (Å²) in [6, 6.07) is 4.10. The van der Waals surface area contributed by atoms with Crippen LogP contribution in [0.15, 0.2) is 22.8 Å². The van der Waals surface area contributed by atoms with Gasteiger partial charge in [-0.05, 0) is 41.9 Å². The number of aryl methyl sites for hydroxylation is 1. The average molecular weight is 268 g/mol. The van der Waals surface area contributed by atoms with E-state index in [9.17, 15) is 0 Å². The van der Waals surface area contributed by atoms with Gasteiger partial charge in [0.05, 0.1) is 16.6 Å². The number of rotatable bonds is 1. The first-order valence-corrected chi connectivity index (χ1v) is 5.59. The second-order valence-electron chi connectivity index (χ2n) is 4.37. The fourth-order valence-corrected chi connectivity index (χ4v) is 2.11. The number of hydrogen-bond donors (Lipinski definition) is 1. The maximum atomic E-state index is 6.10. The molecule has 2 rings (SSSR count). The first kappa shape index (κ1) is 10.6. The van der Waals surface area contributed by atoms with Crippen molar-refractivity contribution in [2.24, 2.45) is 12.8 Å². The minimum atomic E-state index is -0.345. The Morgan fingerprint density at radius 1 is 1.40 bits per heavy atom. The van der Waals surface area contributed by atoms with Gasteiger partial charge in [-0.3, -0.25) is 4.98 Å². The molecule has 15 heavy (non-hydrogen) atoms. The van der Waals surface area contributed by atoms with Gasteiger partial charge in [0.25, 0.3) is 0 Å². The maximum absolute atomic E-state index is 6.10. The van der Waals surface area contributed by atoms with Crippen LogP contribution < -0.4 is 5.73 Å². The van der Waals surface area contributed by atoms with E-state index in [-0.39, 0.29) is 5.54 Å². The number of nitrogens with zero attached hydrogens (tertiary/aromatic N) is 2. The second-order valence-corrected chi connectivity index (χ2v) is 5.28. The molecule has 0 amide bonds. The third-order valence-electron chi connectivity index (χ3n) is 2.52.